The zero-order chi connectivity index (χ0) is 31.1. The largest absolute Gasteiger partial charge is 0.341 e. The van der Waals surface area contributed by atoms with Gasteiger partial charge in [0.15, 0.2) is 9.84 Å². The lowest BCUT2D eigenvalue weighted by Gasteiger charge is -2.42. The Morgan fingerprint density at radius 3 is 2.18 bits per heavy atom. The second-order valence-electron chi connectivity index (χ2n) is 13.2. The minimum atomic E-state index is -3.33. The number of nitrogens with zero attached hydrogens (tertiary/aromatic N) is 4. The van der Waals surface area contributed by atoms with Crippen LogP contribution in [0.5, 0.6) is 0 Å². The van der Waals surface area contributed by atoms with Crippen molar-refractivity contribution >= 4 is 40.1 Å². The summed E-state index contributed by atoms with van der Waals surface area (Å²) in [5.74, 6) is 0.928. The van der Waals surface area contributed by atoms with Gasteiger partial charge in [0.25, 0.3) is 5.91 Å². The number of imide groups is 1. The summed E-state index contributed by atoms with van der Waals surface area (Å²) in [5, 5.41) is 0. The molecule has 9 nitrogen and oxygen atoms in total. The average Bonchev–Trinajstić information content (AvgIpc) is 3.75. The van der Waals surface area contributed by atoms with Crippen molar-refractivity contribution < 1.29 is 22.8 Å². The minimum Gasteiger partial charge on any atom is -0.341 e. The predicted molar refractivity (Wildman–Crippen MR) is 175 cm³/mol. The molecule has 3 aliphatic heterocycles. The van der Waals surface area contributed by atoms with Gasteiger partial charge in [0.05, 0.1) is 11.4 Å². The fraction of sp³-hybridized carbons (Fsp3) is 0.559. The second kappa shape index (κ2) is 13.4. The molecule has 6 rings (SSSR count). The molecule has 4 aliphatic rings. The Balaban J connectivity index is 0.00000400. The van der Waals surface area contributed by atoms with E-state index in [-0.39, 0.29) is 47.6 Å². The van der Waals surface area contributed by atoms with E-state index in [0.717, 1.165) is 57.1 Å². The Morgan fingerprint density at radius 2 is 1.58 bits per heavy atom. The van der Waals surface area contributed by atoms with E-state index in [1.54, 1.807) is 17.0 Å². The van der Waals surface area contributed by atoms with E-state index in [9.17, 15) is 22.8 Å². The molecule has 4 fully saturated rings. The van der Waals surface area contributed by atoms with E-state index in [0.29, 0.717) is 44.3 Å². The topological polar surface area (TPSA) is 98.3 Å². The maximum atomic E-state index is 13.9. The molecule has 11 heteroatoms. The molecule has 1 spiro atoms. The molecule has 244 valence electrons. The molecule has 0 N–H and O–H groups in total. The van der Waals surface area contributed by atoms with Gasteiger partial charge in [-0.25, -0.2) is 13.2 Å². The molecule has 0 aromatic heterocycles. The smallest absolute Gasteiger partial charge is 0.327 e. The number of likely N-dealkylation sites (tertiary alicyclic amines) is 2. The third-order valence-electron chi connectivity index (χ3n) is 10.5. The zero-order valence-corrected chi connectivity index (χ0v) is 27.9. The molecule has 1 aliphatic carbocycles. The number of urea groups is 1. The maximum Gasteiger partial charge on any atom is 0.327 e. The van der Waals surface area contributed by atoms with E-state index in [4.69, 9.17) is 0 Å². The second-order valence-corrected chi connectivity index (χ2v) is 15.2. The molecular weight excluding hydrogens is 612 g/mol. The summed E-state index contributed by atoms with van der Waals surface area (Å²) in [6.07, 6.45) is 6.61. The van der Waals surface area contributed by atoms with Crippen LogP contribution in [0.2, 0.25) is 0 Å². The molecule has 3 saturated heterocycles. The molecule has 1 saturated carbocycles. The van der Waals surface area contributed by atoms with Crippen LogP contribution in [0.1, 0.15) is 62.5 Å². The van der Waals surface area contributed by atoms with E-state index in [1.807, 2.05) is 13.0 Å². The number of piperidine rings is 1. The summed E-state index contributed by atoms with van der Waals surface area (Å²) in [5.41, 5.74) is 1.14. The van der Waals surface area contributed by atoms with Gasteiger partial charge < -0.3 is 14.7 Å². The van der Waals surface area contributed by atoms with Crippen molar-refractivity contribution in [2.45, 2.75) is 68.3 Å². The molecule has 3 heterocycles. The highest BCUT2D eigenvalue weighted by molar-refractivity contribution is 7.90. The summed E-state index contributed by atoms with van der Waals surface area (Å²) in [6, 6.07) is 16.7. The monoisotopic (exact) mass is 656 g/mol. The third-order valence-corrected chi connectivity index (χ3v) is 11.6. The predicted octanol–water partition coefficient (Wildman–Crippen LogP) is 4.56. The van der Waals surface area contributed by atoms with Gasteiger partial charge in [0.2, 0.25) is 5.91 Å². The highest BCUT2D eigenvalue weighted by Crippen LogP contribution is 2.40. The Labute approximate surface area is 273 Å². The van der Waals surface area contributed by atoms with Gasteiger partial charge in [-0.2, -0.15) is 0 Å². The number of carbonyl (C=O) groups excluding carboxylic acids is 3. The van der Waals surface area contributed by atoms with Crippen molar-refractivity contribution in [1.29, 1.82) is 0 Å². The van der Waals surface area contributed by atoms with Gasteiger partial charge in [-0.1, -0.05) is 55.3 Å². The van der Waals surface area contributed by atoms with Gasteiger partial charge in [-0.05, 0) is 61.8 Å². The number of halogens is 1. The van der Waals surface area contributed by atoms with Crippen molar-refractivity contribution in [3.63, 3.8) is 0 Å². The maximum absolute atomic E-state index is 13.9. The number of hydrogen-bond acceptors (Lipinski definition) is 6. The van der Waals surface area contributed by atoms with Crippen LogP contribution in [-0.4, -0.2) is 96.9 Å². The molecule has 0 unspecified atom stereocenters. The van der Waals surface area contributed by atoms with Crippen LogP contribution in [0, 0.1) is 11.8 Å². The van der Waals surface area contributed by atoms with Crippen LogP contribution >= 0.6 is 12.4 Å². The van der Waals surface area contributed by atoms with Gasteiger partial charge in [0, 0.05) is 57.4 Å². The number of amides is 4. The summed E-state index contributed by atoms with van der Waals surface area (Å²) < 4.78 is 23.7. The quantitative estimate of drug-likeness (QED) is 0.387. The van der Waals surface area contributed by atoms with Gasteiger partial charge in [-0.15, -0.1) is 12.4 Å². The number of rotatable bonds is 8. The Hall–Kier alpha value is -2.95. The number of hydrogen-bond donors (Lipinski definition) is 0. The molecule has 0 bridgehead atoms. The average molecular weight is 657 g/mol. The van der Waals surface area contributed by atoms with Gasteiger partial charge in [-0.3, -0.25) is 14.5 Å². The molecule has 45 heavy (non-hydrogen) atoms. The number of benzene rings is 2. The van der Waals surface area contributed by atoms with Crippen molar-refractivity contribution in [1.82, 2.24) is 19.6 Å². The lowest BCUT2D eigenvalue weighted by Crippen LogP contribution is -2.57. The third kappa shape index (κ3) is 6.51. The zero-order valence-electron chi connectivity index (χ0n) is 26.3. The summed E-state index contributed by atoms with van der Waals surface area (Å²) in [6.45, 7) is 6.29. The molecular formula is C34H45ClN4O5S. The lowest BCUT2D eigenvalue weighted by molar-refractivity contribution is -0.136. The first kappa shape index (κ1) is 33.4. The van der Waals surface area contributed by atoms with Gasteiger partial charge in [0.1, 0.15) is 5.54 Å². The van der Waals surface area contributed by atoms with Crippen LogP contribution in [-0.2, 0) is 26.0 Å². The van der Waals surface area contributed by atoms with Crippen molar-refractivity contribution in [3.8, 4) is 0 Å². The fourth-order valence-electron chi connectivity index (χ4n) is 8.05. The summed E-state index contributed by atoms with van der Waals surface area (Å²) in [7, 11) is -3.33. The van der Waals surface area contributed by atoms with Crippen LogP contribution in [0.3, 0.4) is 0 Å². The molecule has 2 aromatic rings. The number of sulfone groups is 1. The molecule has 2 atom stereocenters. The van der Waals surface area contributed by atoms with Crippen molar-refractivity contribution in [2.75, 3.05) is 45.5 Å². The first-order valence-electron chi connectivity index (χ1n) is 16.1. The highest BCUT2D eigenvalue weighted by Gasteiger charge is 2.57. The summed E-state index contributed by atoms with van der Waals surface area (Å²) in [4.78, 5) is 48.7. The van der Waals surface area contributed by atoms with Crippen molar-refractivity contribution in [3.05, 3.63) is 65.7 Å². The van der Waals surface area contributed by atoms with Gasteiger partial charge >= 0.3 is 6.03 Å². The number of carbonyl (C=O) groups is 3. The molecule has 2 aromatic carbocycles. The van der Waals surface area contributed by atoms with E-state index < -0.39 is 15.4 Å². The summed E-state index contributed by atoms with van der Waals surface area (Å²) >= 11 is 0. The SMILES string of the molecule is CCN1C(=O)N(Cc2ccc(S(C)(=O)=O)cc2)C(=O)C12CCN(C[C@H]1CN(C(=O)C3CCCC3)C[C@@H]1c1ccccc1)CC2.Cl. The Kier molecular flexibility index (Phi) is 9.96. The first-order chi connectivity index (χ1) is 21.1. The first-order valence-corrected chi connectivity index (χ1v) is 18.0. The van der Waals surface area contributed by atoms with E-state index in [1.165, 1.54) is 22.6 Å². The normalized spacial score (nSPS) is 24.1. The highest BCUT2D eigenvalue weighted by atomic mass is 35.5. The van der Waals surface area contributed by atoms with E-state index >= 15 is 0 Å². The van der Waals surface area contributed by atoms with Crippen LogP contribution in [0.25, 0.3) is 0 Å². The standard InChI is InChI=1S/C34H44N4O5S.ClH/c1-3-38-33(41)37(21-25-13-15-29(16-14-25)44(2,42)43)32(40)34(38)17-19-35(20-18-34)22-28-23-36(31(39)27-11-7-8-12-27)24-30(28)26-9-5-4-6-10-26;/h4-6,9-10,13-16,27-28,30H,3,7-8,11-12,17-24H2,1-2H3;1H/t28-,30+;/m0./s1. The van der Waals surface area contributed by atoms with Crippen molar-refractivity contribution in [2.24, 2.45) is 11.8 Å². The Bertz CT molecular complexity index is 1490. The van der Waals surface area contributed by atoms with Crippen LogP contribution in [0.4, 0.5) is 4.79 Å². The minimum absolute atomic E-state index is 0. The fourth-order valence-corrected chi connectivity index (χ4v) is 8.68. The number of likely N-dealkylation sites (N-methyl/N-ethyl adjacent to an activating group) is 1. The lowest BCUT2D eigenvalue weighted by atomic mass is 9.84. The Morgan fingerprint density at radius 1 is 0.933 bits per heavy atom. The molecule has 4 amide bonds. The van der Waals surface area contributed by atoms with Crippen LogP contribution in [0.15, 0.2) is 59.5 Å². The van der Waals surface area contributed by atoms with Crippen LogP contribution < -0.4 is 0 Å². The molecule has 0 radical (unpaired) electrons. The van der Waals surface area contributed by atoms with E-state index in [2.05, 4.69) is 34.1 Å².